The molecule has 0 unspecified atom stereocenters. The maximum atomic E-state index is 11.2. The van der Waals surface area contributed by atoms with Crippen LogP contribution in [0.1, 0.15) is 66.5 Å². The van der Waals surface area contributed by atoms with Gasteiger partial charge in [0, 0.05) is 21.6 Å². The van der Waals surface area contributed by atoms with E-state index >= 15 is 0 Å². The van der Waals surface area contributed by atoms with Crippen LogP contribution in [0.2, 0.25) is 0 Å². The van der Waals surface area contributed by atoms with Gasteiger partial charge in [-0.2, -0.15) is 0 Å². The standard InChI is InChI=1S/C26H36O2/c1-17(2)9-13-21-22(14-10-18(3)4)26(28)24(16-12-20(7)8)23(25(21)27)15-11-19(5)6/h9-13,16,27-28H,14-15H2,1-8H3. The van der Waals surface area contributed by atoms with E-state index in [2.05, 4.69) is 12.2 Å². The van der Waals surface area contributed by atoms with E-state index in [0.717, 1.165) is 22.3 Å². The zero-order chi connectivity index (χ0) is 21.4. The van der Waals surface area contributed by atoms with Crippen molar-refractivity contribution in [2.24, 2.45) is 0 Å². The summed E-state index contributed by atoms with van der Waals surface area (Å²) in [5, 5.41) is 23.7. The number of hydrogen-bond acceptors (Lipinski definition) is 2. The number of benzene rings is 1. The number of phenols is 2. The second kappa shape index (κ2) is 10.8. The molecule has 0 aliphatic heterocycles. The van der Waals surface area contributed by atoms with Crippen LogP contribution in [0.25, 0.3) is 12.2 Å². The molecule has 1 rings (SSSR count). The predicted molar refractivity (Wildman–Crippen MR) is 123 cm³/mol. The highest BCUT2D eigenvalue weighted by molar-refractivity contribution is 5.59. The van der Waals surface area contributed by atoms with Crippen LogP contribution < -0.4 is 10.4 Å². The van der Waals surface area contributed by atoms with E-state index in [4.69, 9.17) is 0 Å². The molecule has 28 heavy (non-hydrogen) atoms. The first-order valence-electron chi connectivity index (χ1n) is 9.87. The Bertz CT molecular complexity index is 856. The molecule has 2 nitrogen and oxygen atoms in total. The second-order valence-corrected chi connectivity index (χ2v) is 8.27. The quantitative estimate of drug-likeness (QED) is 0.497. The molecule has 1 aromatic rings. The summed E-state index contributed by atoms with van der Waals surface area (Å²) >= 11 is 0. The lowest BCUT2D eigenvalue weighted by Gasteiger charge is -2.13. The van der Waals surface area contributed by atoms with Gasteiger partial charge in [0.05, 0.1) is 0 Å². The first-order valence-corrected chi connectivity index (χ1v) is 9.87. The molecule has 0 aliphatic carbocycles. The smallest absolute Gasteiger partial charge is 0.127 e. The molecule has 0 amide bonds. The summed E-state index contributed by atoms with van der Waals surface area (Å²) in [6, 6.07) is 0. The summed E-state index contributed by atoms with van der Waals surface area (Å²) in [5.74, 6) is 0.497. The summed E-state index contributed by atoms with van der Waals surface area (Å²) in [7, 11) is 0. The van der Waals surface area contributed by atoms with Crippen molar-refractivity contribution in [2.75, 3.05) is 0 Å². The number of aromatic hydroxyl groups is 2. The second-order valence-electron chi connectivity index (χ2n) is 8.27. The molecule has 0 spiro atoms. The Morgan fingerprint density at radius 1 is 0.571 bits per heavy atom. The third-order valence-electron chi connectivity index (χ3n) is 4.33. The van der Waals surface area contributed by atoms with Crippen molar-refractivity contribution in [3.63, 3.8) is 0 Å². The minimum atomic E-state index is 0.248. The van der Waals surface area contributed by atoms with Crippen LogP contribution in [0.4, 0.5) is 0 Å². The lowest BCUT2D eigenvalue weighted by Crippen LogP contribution is -2.22. The van der Waals surface area contributed by atoms with Crippen molar-refractivity contribution >= 4 is 12.2 Å². The van der Waals surface area contributed by atoms with Gasteiger partial charge >= 0.3 is 0 Å². The fourth-order valence-corrected chi connectivity index (χ4v) is 2.75. The van der Waals surface area contributed by atoms with Crippen molar-refractivity contribution in [3.05, 3.63) is 68.2 Å². The van der Waals surface area contributed by atoms with Crippen molar-refractivity contribution in [2.45, 2.75) is 68.2 Å². The van der Waals surface area contributed by atoms with Gasteiger partial charge in [-0.25, -0.2) is 0 Å². The molecule has 1 aromatic carbocycles. The Morgan fingerprint density at radius 3 is 1.14 bits per heavy atom. The van der Waals surface area contributed by atoms with E-state index in [0.29, 0.717) is 23.3 Å². The number of rotatable bonds is 6. The van der Waals surface area contributed by atoms with Gasteiger partial charge in [-0.15, -0.1) is 0 Å². The molecule has 0 radical (unpaired) electrons. The molecule has 0 saturated carbocycles. The third-order valence-corrected chi connectivity index (χ3v) is 4.33. The Morgan fingerprint density at radius 2 is 0.893 bits per heavy atom. The fraction of sp³-hybridized carbons (Fsp3) is 0.385. The van der Waals surface area contributed by atoms with Gasteiger partial charge in [0.15, 0.2) is 0 Å². The van der Waals surface area contributed by atoms with E-state index in [9.17, 15) is 10.2 Å². The average molecular weight is 381 g/mol. The Hall–Kier alpha value is -2.48. The molecule has 0 bridgehead atoms. The van der Waals surface area contributed by atoms with Crippen LogP contribution in [0.5, 0.6) is 11.5 Å². The summed E-state index contributed by atoms with van der Waals surface area (Å²) in [5.41, 5.74) is 6.14. The summed E-state index contributed by atoms with van der Waals surface area (Å²) in [4.78, 5) is 0. The van der Waals surface area contributed by atoms with Crippen LogP contribution in [-0.2, 0) is 12.8 Å². The highest BCUT2D eigenvalue weighted by atomic mass is 16.3. The third kappa shape index (κ3) is 6.92. The normalized spacial score (nSPS) is 11.9. The van der Waals surface area contributed by atoms with Crippen molar-refractivity contribution in [3.8, 4) is 11.5 Å². The molecule has 0 aliphatic rings. The lowest BCUT2D eigenvalue weighted by atomic mass is 9.95. The summed E-state index contributed by atoms with van der Waals surface area (Å²) < 4.78 is 0. The number of phenolic OH excluding ortho intramolecular Hbond substituents is 2. The Balaban J connectivity index is 4.05. The molecule has 2 heteroatoms. The van der Waals surface area contributed by atoms with Gasteiger partial charge in [0.2, 0.25) is 0 Å². The average Bonchev–Trinajstić information content (AvgIpc) is 2.57. The van der Waals surface area contributed by atoms with Crippen molar-refractivity contribution in [1.82, 2.24) is 0 Å². The highest BCUT2D eigenvalue weighted by Crippen LogP contribution is 2.20. The van der Waals surface area contributed by atoms with E-state index in [1.807, 2.05) is 79.7 Å². The van der Waals surface area contributed by atoms with Crippen LogP contribution in [0, 0.1) is 0 Å². The van der Waals surface area contributed by atoms with Crippen molar-refractivity contribution < 1.29 is 10.2 Å². The Kier molecular flexibility index (Phi) is 9.05. The van der Waals surface area contributed by atoms with Crippen LogP contribution in [-0.4, -0.2) is 10.2 Å². The van der Waals surface area contributed by atoms with Gasteiger partial charge in [-0.3, -0.25) is 0 Å². The zero-order valence-electron chi connectivity index (χ0n) is 18.8. The topological polar surface area (TPSA) is 40.5 Å². The minimum Gasteiger partial charge on any atom is -0.507 e. The maximum absolute atomic E-state index is 11.2. The highest BCUT2D eigenvalue weighted by Gasteiger charge is 2.14. The fourth-order valence-electron chi connectivity index (χ4n) is 2.75. The van der Waals surface area contributed by atoms with Gasteiger partial charge in [-0.1, -0.05) is 58.7 Å². The molecular weight excluding hydrogens is 344 g/mol. The zero-order valence-corrected chi connectivity index (χ0v) is 18.8. The SMILES string of the molecule is CC(C)=CC=c1c(O)c(CC=C(C)C)c(=CC=C(C)C)c(O)c1CC=C(C)C. The van der Waals surface area contributed by atoms with E-state index in [-0.39, 0.29) is 11.5 Å². The predicted octanol–water partition coefficient (Wildman–Crippen LogP) is 5.61. The molecule has 0 atom stereocenters. The van der Waals surface area contributed by atoms with E-state index in [1.165, 1.54) is 11.1 Å². The van der Waals surface area contributed by atoms with Crippen LogP contribution in [0.3, 0.4) is 0 Å². The molecule has 0 heterocycles. The van der Waals surface area contributed by atoms with Crippen molar-refractivity contribution in [1.29, 1.82) is 0 Å². The van der Waals surface area contributed by atoms with Crippen LogP contribution >= 0.6 is 0 Å². The number of hydrogen-bond donors (Lipinski definition) is 2. The molecule has 2 N–H and O–H groups in total. The van der Waals surface area contributed by atoms with E-state index < -0.39 is 0 Å². The van der Waals surface area contributed by atoms with Gasteiger partial charge in [0.25, 0.3) is 0 Å². The number of allylic oxidation sites excluding steroid dienone is 8. The molecule has 0 fully saturated rings. The monoisotopic (exact) mass is 380 g/mol. The summed E-state index contributed by atoms with van der Waals surface area (Å²) in [6.07, 6.45) is 13.1. The largest absolute Gasteiger partial charge is 0.507 e. The Labute approximate surface area is 170 Å². The first-order chi connectivity index (χ1) is 13.0. The van der Waals surface area contributed by atoms with Gasteiger partial charge < -0.3 is 10.2 Å². The minimum absolute atomic E-state index is 0.248. The molecular formula is C26H36O2. The van der Waals surface area contributed by atoms with Gasteiger partial charge in [0.1, 0.15) is 11.5 Å². The maximum Gasteiger partial charge on any atom is 0.127 e. The molecule has 152 valence electrons. The van der Waals surface area contributed by atoms with Crippen LogP contribution in [0.15, 0.2) is 46.6 Å². The van der Waals surface area contributed by atoms with Gasteiger partial charge in [-0.05, 0) is 68.2 Å². The first kappa shape index (κ1) is 23.6. The summed E-state index contributed by atoms with van der Waals surface area (Å²) in [6.45, 7) is 16.2. The van der Waals surface area contributed by atoms with E-state index in [1.54, 1.807) is 0 Å². The lowest BCUT2D eigenvalue weighted by molar-refractivity contribution is 0.443. The molecule has 0 aromatic heterocycles. The molecule has 0 saturated heterocycles.